The summed E-state index contributed by atoms with van der Waals surface area (Å²) in [4.78, 5) is 11.3. The molecule has 104 valence electrons. The van der Waals surface area contributed by atoms with Gasteiger partial charge in [-0.05, 0) is 18.1 Å². The average molecular weight is 292 g/mol. The van der Waals surface area contributed by atoms with Gasteiger partial charge in [-0.1, -0.05) is 29.8 Å². The van der Waals surface area contributed by atoms with E-state index in [2.05, 4.69) is 21.6 Å². The molecule has 1 atom stereocenters. The zero-order chi connectivity index (χ0) is 13.9. The maximum Gasteiger partial charge on any atom is 0.285 e. The van der Waals surface area contributed by atoms with Crippen LogP contribution in [0.4, 0.5) is 5.69 Å². The van der Waals surface area contributed by atoms with Gasteiger partial charge in [0.25, 0.3) is 5.56 Å². The molecule has 20 heavy (non-hydrogen) atoms. The second-order valence-electron chi connectivity index (χ2n) is 4.80. The second kappa shape index (κ2) is 5.54. The van der Waals surface area contributed by atoms with E-state index in [1.807, 2.05) is 18.2 Å². The number of hydrogen-bond donors (Lipinski definition) is 2. The molecule has 2 heterocycles. The highest BCUT2D eigenvalue weighted by atomic mass is 35.5. The minimum atomic E-state index is -0.387. The van der Waals surface area contributed by atoms with E-state index < -0.39 is 0 Å². The summed E-state index contributed by atoms with van der Waals surface area (Å²) < 4.78 is 5.72. The number of hydrogen-bond acceptors (Lipinski definition) is 4. The van der Waals surface area contributed by atoms with Crippen molar-refractivity contribution < 1.29 is 4.74 Å². The fourth-order valence-corrected chi connectivity index (χ4v) is 2.44. The minimum absolute atomic E-state index is 0.136. The van der Waals surface area contributed by atoms with Crippen molar-refractivity contribution in [1.82, 2.24) is 10.2 Å². The number of rotatable bonds is 3. The van der Waals surface area contributed by atoms with Crippen LogP contribution in [-0.2, 0) is 6.42 Å². The van der Waals surface area contributed by atoms with E-state index in [0.29, 0.717) is 24.8 Å². The highest BCUT2D eigenvalue weighted by molar-refractivity contribution is 6.32. The van der Waals surface area contributed by atoms with E-state index in [1.54, 1.807) is 0 Å². The number of ether oxygens (including phenoxy) is 1. The van der Waals surface area contributed by atoms with Crippen LogP contribution in [0.5, 0.6) is 5.75 Å². The third-order valence-electron chi connectivity index (χ3n) is 3.33. The fraction of sp³-hybridized carbons (Fsp3) is 0.286. The molecule has 0 saturated heterocycles. The predicted octanol–water partition coefficient (Wildman–Crippen LogP) is 2.09. The van der Waals surface area contributed by atoms with E-state index in [-0.39, 0.29) is 10.6 Å². The first-order chi connectivity index (χ1) is 9.74. The lowest BCUT2D eigenvalue weighted by Gasteiger charge is -2.25. The number of benzene rings is 1. The monoisotopic (exact) mass is 291 g/mol. The second-order valence-corrected chi connectivity index (χ2v) is 5.17. The van der Waals surface area contributed by atoms with Gasteiger partial charge in [-0.25, -0.2) is 5.10 Å². The Morgan fingerprint density at radius 3 is 3.20 bits per heavy atom. The predicted molar refractivity (Wildman–Crippen MR) is 77.5 cm³/mol. The van der Waals surface area contributed by atoms with Crippen molar-refractivity contribution in [2.75, 3.05) is 18.5 Å². The summed E-state index contributed by atoms with van der Waals surface area (Å²) in [5.41, 5.74) is 1.37. The summed E-state index contributed by atoms with van der Waals surface area (Å²) in [5.74, 6) is 1.29. The Morgan fingerprint density at radius 1 is 1.45 bits per heavy atom. The van der Waals surface area contributed by atoms with Gasteiger partial charge in [0.2, 0.25) is 0 Å². The molecule has 2 N–H and O–H groups in total. The van der Waals surface area contributed by atoms with Crippen molar-refractivity contribution in [3.63, 3.8) is 0 Å². The highest BCUT2D eigenvalue weighted by Crippen LogP contribution is 2.27. The van der Waals surface area contributed by atoms with Gasteiger partial charge in [0, 0.05) is 12.5 Å². The number of para-hydroxylation sites is 1. The van der Waals surface area contributed by atoms with Gasteiger partial charge >= 0.3 is 0 Å². The van der Waals surface area contributed by atoms with E-state index in [0.717, 1.165) is 12.2 Å². The largest absolute Gasteiger partial charge is 0.493 e. The number of halogens is 1. The molecule has 1 aliphatic heterocycles. The van der Waals surface area contributed by atoms with Crippen LogP contribution in [0.3, 0.4) is 0 Å². The van der Waals surface area contributed by atoms with Gasteiger partial charge in [-0.3, -0.25) is 4.79 Å². The lowest BCUT2D eigenvalue weighted by atomic mass is 9.97. The number of nitrogens with zero attached hydrogens (tertiary/aromatic N) is 1. The summed E-state index contributed by atoms with van der Waals surface area (Å²) in [7, 11) is 0. The van der Waals surface area contributed by atoms with Crippen LogP contribution in [0.15, 0.2) is 35.3 Å². The van der Waals surface area contributed by atoms with Gasteiger partial charge in [-0.15, -0.1) is 0 Å². The minimum Gasteiger partial charge on any atom is -0.493 e. The molecule has 0 unspecified atom stereocenters. The first-order valence-electron chi connectivity index (χ1n) is 6.42. The first-order valence-corrected chi connectivity index (χ1v) is 6.79. The van der Waals surface area contributed by atoms with Crippen molar-refractivity contribution >= 4 is 17.3 Å². The van der Waals surface area contributed by atoms with Crippen molar-refractivity contribution in [3.05, 3.63) is 51.4 Å². The Morgan fingerprint density at radius 2 is 2.30 bits per heavy atom. The lowest BCUT2D eigenvalue weighted by molar-refractivity contribution is 0.229. The van der Waals surface area contributed by atoms with Crippen LogP contribution < -0.4 is 15.6 Å². The van der Waals surface area contributed by atoms with E-state index in [1.165, 1.54) is 11.8 Å². The SMILES string of the molecule is O=c1[nH]ncc(NC[C@H]2COc3ccccc3C2)c1Cl. The lowest BCUT2D eigenvalue weighted by Crippen LogP contribution is -2.27. The van der Waals surface area contributed by atoms with E-state index in [9.17, 15) is 4.79 Å². The number of H-pyrrole nitrogens is 1. The van der Waals surface area contributed by atoms with Crippen LogP contribution in [0.2, 0.25) is 5.02 Å². The zero-order valence-electron chi connectivity index (χ0n) is 10.7. The molecular weight excluding hydrogens is 278 g/mol. The zero-order valence-corrected chi connectivity index (χ0v) is 11.5. The average Bonchev–Trinajstić information content (AvgIpc) is 2.48. The van der Waals surface area contributed by atoms with Gasteiger partial charge in [-0.2, -0.15) is 5.10 Å². The maximum atomic E-state index is 11.3. The van der Waals surface area contributed by atoms with Crippen LogP contribution in [0.1, 0.15) is 5.56 Å². The Hall–Kier alpha value is -2.01. The number of nitrogens with one attached hydrogen (secondary N) is 2. The number of aromatic amines is 1. The summed E-state index contributed by atoms with van der Waals surface area (Å²) in [6.07, 6.45) is 2.46. The van der Waals surface area contributed by atoms with Gasteiger partial charge in [0.05, 0.1) is 18.5 Å². The smallest absolute Gasteiger partial charge is 0.285 e. The van der Waals surface area contributed by atoms with Crippen molar-refractivity contribution in [3.8, 4) is 5.75 Å². The van der Waals surface area contributed by atoms with Crippen LogP contribution >= 0.6 is 11.6 Å². The molecule has 0 radical (unpaired) electrons. The summed E-state index contributed by atoms with van der Waals surface area (Å²) in [6, 6.07) is 8.04. The summed E-state index contributed by atoms with van der Waals surface area (Å²) in [5, 5.41) is 9.31. The van der Waals surface area contributed by atoms with Crippen molar-refractivity contribution in [1.29, 1.82) is 0 Å². The molecule has 0 amide bonds. The molecule has 0 bridgehead atoms. The van der Waals surface area contributed by atoms with Crippen LogP contribution in [0, 0.1) is 5.92 Å². The fourth-order valence-electron chi connectivity index (χ4n) is 2.28. The number of fused-ring (bicyclic) bond motifs is 1. The standard InChI is InChI=1S/C14H14ClN3O2/c15-13-11(7-17-18-14(13)19)16-6-9-5-10-3-1-2-4-12(10)20-8-9/h1-4,7,9H,5-6,8H2,(H2,16,18,19)/t9-/m0/s1. The molecular formula is C14H14ClN3O2. The van der Waals surface area contributed by atoms with Gasteiger partial charge < -0.3 is 10.1 Å². The molecule has 1 aliphatic rings. The molecule has 6 heteroatoms. The van der Waals surface area contributed by atoms with E-state index >= 15 is 0 Å². The maximum absolute atomic E-state index is 11.3. The van der Waals surface area contributed by atoms with Crippen molar-refractivity contribution in [2.45, 2.75) is 6.42 Å². The third-order valence-corrected chi connectivity index (χ3v) is 3.71. The Bertz CT molecular complexity index is 671. The molecule has 3 rings (SSSR count). The van der Waals surface area contributed by atoms with Crippen LogP contribution in [0.25, 0.3) is 0 Å². The Balaban J connectivity index is 1.66. The molecule has 1 aromatic heterocycles. The Kier molecular flexibility index (Phi) is 3.60. The molecule has 0 spiro atoms. The summed E-state index contributed by atoms with van der Waals surface area (Å²) >= 11 is 5.91. The molecule has 2 aromatic rings. The number of anilines is 1. The van der Waals surface area contributed by atoms with Gasteiger partial charge in [0.1, 0.15) is 10.8 Å². The van der Waals surface area contributed by atoms with Gasteiger partial charge in [0.15, 0.2) is 0 Å². The molecule has 0 saturated carbocycles. The molecule has 0 aliphatic carbocycles. The topological polar surface area (TPSA) is 67.0 Å². The quantitative estimate of drug-likeness (QED) is 0.909. The Labute approximate surface area is 120 Å². The summed E-state index contributed by atoms with van der Waals surface area (Å²) in [6.45, 7) is 1.33. The van der Waals surface area contributed by atoms with Crippen LogP contribution in [-0.4, -0.2) is 23.3 Å². The first kappa shape index (κ1) is 13.0. The number of aromatic nitrogens is 2. The highest BCUT2D eigenvalue weighted by Gasteiger charge is 2.19. The van der Waals surface area contributed by atoms with E-state index in [4.69, 9.17) is 16.3 Å². The van der Waals surface area contributed by atoms with Crippen molar-refractivity contribution in [2.24, 2.45) is 5.92 Å². The molecule has 1 aromatic carbocycles. The normalized spacial score (nSPS) is 17.1. The third kappa shape index (κ3) is 2.63. The molecule has 5 nitrogen and oxygen atoms in total. The molecule has 0 fully saturated rings.